The summed E-state index contributed by atoms with van der Waals surface area (Å²) >= 11 is 0. The lowest BCUT2D eigenvalue weighted by molar-refractivity contribution is -0.385. The summed E-state index contributed by atoms with van der Waals surface area (Å²) in [5, 5.41) is 22.9. The number of nitrogens with zero attached hydrogens (tertiary/aromatic N) is 1. The molecular weight excluding hydrogens is 260 g/mol. The van der Waals surface area contributed by atoms with Crippen LogP contribution in [0.5, 0.6) is 0 Å². The predicted molar refractivity (Wildman–Crippen MR) is 74.5 cm³/mol. The van der Waals surface area contributed by atoms with Crippen LogP contribution in [0.25, 0.3) is 0 Å². The molecule has 0 spiro atoms. The number of rotatable bonds is 5. The summed E-state index contributed by atoms with van der Waals surface area (Å²) in [6.07, 6.45) is 0. The first-order chi connectivity index (χ1) is 9.51. The van der Waals surface area contributed by atoms with Gasteiger partial charge in [0, 0.05) is 17.3 Å². The molecule has 0 radical (unpaired) electrons. The Morgan fingerprint density at radius 3 is 2.55 bits per heavy atom. The third-order valence-electron chi connectivity index (χ3n) is 3.07. The van der Waals surface area contributed by atoms with Gasteiger partial charge < -0.3 is 14.8 Å². The van der Waals surface area contributed by atoms with Gasteiger partial charge in [0.05, 0.1) is 11.5 Å². The van der Waals surface area contributed by atoms with Crippen LogP contribution in [0, 0.1) is 24.0 Å². The highest BCUT2D eigenvalue weighted by Crippen LogP contribution is 2.26. The smallest absolute Gasteiger partial charge is 0.272 e. The van der Waals surface area contributed by atoms with E-state index in [1.807, 2.05) is 6.92 Å². The fourth-order valence-corrected chi connectivity index (χ4v) is 1.97. The molecular formula is C14H16N2O4. The fourth-order valence-electron chi connectivity index (χ4n) is 1.97. The maximum atomic E-state index is 10.8. The molecule has 2 rings (SSSR count). The van der Waals surface area contributed by atoms with E-state index in [0.717, 1.165) is 11.3 Å². The van der Waals surface area contributed by atoms with Gasteiger partial charge in [-0.3, -0.25) is 10.1 Å². The molecule has 0 amide bonds. The molecule has 1 heterocycles. The zero-order valence-electron chi connectivity index (χ0n) is 11.3. The van der Waals surface area contributed by atoms with Gasteiger partial charge in [-0.15, -0.1) is 0 Å². The van der Waals surface area contributed by atoms with Crippen LogP contribution in [0.3, 0.4) is 0 Å². The minimum absolute atomic E-state index is 0.119. The second-order valence-corrected chi connectivity index (χ2v) is 4.59. The largest absolute Gasteiger partial charge is 0.462 e. The summed E-state index contributed by atoms with van der Waals surface area (Å²) in [7, 11) is 0. The quantitative estimate of drug-likeness (QED) is 0.647. The van der Waals surface area contributed by atoms with Crippen molar-refractivity contribution in [2.75, 3.05) is 5.32 Å². The van der Waals surface area contributed by atoms with Gasteiger partial charge in [-0.1, -0.05) is 0 Å². The van der Waals surface area contributed by atoms with Gasteiger partial charge in [-0.2, -0.15) is 0 Å². The number of aliphatic hydroxyl groups excluding tert-OH is 1. The molecule has 6 nitrogen and oxygen atoms in total. The third-order valence-corrected chi connectivity index (χ3v) is 3.07. The summed E-state index contributed by atoms with van der Waals surface area (Å²) in [6, 6.07) is 6.80. The number of nitro groups is 1. The Balaban J connectivity index is 2.13. The number of nitro benzene ring substituents is 1. The van der Waals surface area contributed by atoms with Crippen LogP contribution in [0.1, 0.15) is 22.6 Å². The lowest BCUT2D eigenvalue weighted by atomic mass is 10.1. The van der Waals surface area contributed by atoms with Crippen LogP contribution in [0.4, 0.5) is 11.4 Å². The van der Waals surface area contributed by atoms with Crippen molar-refractivity contribution < 1.29 is 14.4 Å². The summed E-state index contributed by atoms with van der Waals surface area (Å²) < 4.78 is 5.37. The van der Waals surface area contributed by atoms with Crippen LogP contribution in [0.15, 0.2) is 28.7 Å². The van der Waals surface area contributed by atoms with Crippen molar-refractivity contribution >= 4 is 11.4 Å². The molecule has 0 saturated carbocycles. The first-order valence-corrected chi connectivity index (χ1v) is 6.19. The Morgan fingerprint density at radius 1 is 1.25 bits per heavy atom. The summed E-state index contributed by atoms with van der Waals surface area (Å²) in [5.41, 5.74) is 2.36. The van der Waals surface area contributed by atoms with E-state index < -0.39 is 0 Å². The lowest BCUT2D eigenvalue weighted by Gasteiger charge is -2.09. The molecule has 0 aliphatic rings. The van der Waals surface area contributed by atoms with E-state index in [4.69, 9.17) is 9.52 Å². The fraction of sp³-hybridized carbons (Fsp3) is 0.286. The predicted octanol–water partition coefficient (Wildman–Crippen LogP) is 2.91. The third kappa shape index (κ3) is 2.97. The Hall–Kier alpha value is -2.34. The molecule has 1 aromatic carbocycles. The highest BCUT2D eigenvalue weighted by Gasteiger charge is 2.13. The topological polar surface area (TPSA) is 88.5 Å². The van der Waals surface area contributed by atoms with Crippen molar-refractivity contribution in [3.05, 3.63) is 57.0 Å². The first kappa shape index (κ1) is 14.1. The van der Waals surface area contributed by atoms with Gasteiger partial charge in [0.15, 0.2) is 0 Å². The molecule has 20 heavy (non-hydrogen) atoms. The molecule has 0 aliphatic heterocycles. The Kier molecular flexibility index (Phi) is 4.05. The van der Waals surface area contributed by atoms with Crippen molar-refractivity contribution in [3.63, 3.8) is 0 Å². The molecule has 1 aromatic heterocycles. The molecule has 0 fully saturated rings. The number of aliphatic hydroxyl groups is 1. The van der Waals surface area contributed by atoms with Gasteiger partial charge in [0.1, 0.15) is 18.1 Å². The number of furan rings is 1. The average molecular weight is 276 g/mol. The number of benzene rings is 1. The standard InChI is InChI=1S/C14H16N2O4/c1-9-6-14(16(18)19)10(2)5-13(9)15-7-11-3-4-12(8-17)20-11/h3-6,15,17H,7-8H2,1-2H3. The van der Waals surface area contributed by atoms with Gasteiger partial charge in [-0.05, 0) is 37.6 Å². The number of aryl methyl sites for hydroxylation is 2. The molecule has 6 heteroatoms. The van der Waals surface area contributed by atoms with Crippen molar-refractivity contribution in [1.29, 1.82) is 0 Å². The van der Waals surface area contributed by atoms with Crippen LogP contribution >= 0.6 is 0 Å². The van der Waals surface area contributed by atoms with E-state index in [1.165, 1.54) is 0 Å². The molecule has 0 atom stereocenters. The van der Waals surface area contributed by atoms with E-state index in [1.54, 1.807) is 31.2 Å². The normalized spacial score (nSPS) is 10.6. The minimum Gasteiger partial charge on any atom is -0.462 e. The Bertz CT molecular complexity index is 634. The van der Waals surface area contributed by atoms with E-state index in [2.05, 4.69) is 5.32 Å². The molecule has 106 valence electrons. The number of nitrogens with one attached hydrogen (secondary N) is 1. The van der Waals surface area contributed by atoms with Crippen molar-refractivity contribution in [1.82, 2.24) is 0 Å². The van der Waals surface area contributed by atoms with E-state index in [-0.39, 0.29) is 17.2 Å². The van der Waals surface area contributed by atoms with E-state index >= 15 is 0 Å². The Morgan fingerprint density at radius 2 is 1.95 bits per heavy atom. The number of anilines is 1. The van der Waals surface area contributed by atoms with Crippen molar-refractivity contribution in [2.45, 2.75) is 27.0 Å². The summed E-state index contributed by atoms with van der Waals surface area (Å²) in [4.78, 5) is 10.5. The van der Waals surface area contributed by atoms with Crippen LogP contribution < -0.4 is 5.32 Å². The number of hydrogen-bond donors (Lipinski definition) is 2. The van der Waals surface area contributed by atoms with Gasteiger partial charge in [-0.25, -0.2) is 0 Å². The molecule has 2 aromatic rings. The van der Waals surface area contributed by atoms with Crippen molar-refractivity contribution in [3.8, 4) is 0 Å². The highest BCUT2D eigenvalue weighted by atomic mass is 16.6. The maximum absolute atomic E-state index is 10.8. The molecule has 0 unspecified atom stereocenters. The summed E-state index contributed by atoms with van der Waals surface area (Å²) in [5.74, 6) is 1.21. The monoisotopic (exact) mass is 276 g/mol. The molecule has 0 aliphatic carbocycles. The van der Waals surface area contributed by atoms with Crippen LogP contribution in [-0.2, 0) is 13.2 Å². The van der Waals surface area contributed by atoms with Gasteiger partial charge in [0.2, 0.25) is 0 Å². The lowest BCUT2D eigenvalue weighted by Crippen LogP contribution is -2.02. The maximum Gasteiger partial charge on any atom is 0.272 e. The van der Waals surface area contributed by atoms with Gasteiger partial charge in [0.25, 0.3) is 5.69 Å². The first-order valence-electron chi connectivity index (χ1n) is 6.19. The molecule has 0 saturated heterocycles. The molecule has 0 bridgehead atoms. The highest BCUT2D eigenvalue weighted by molar-refractivity contribution is 5.59. The molecule has 2 N–H and O–H groups in total. The van der Waals surface area contributed by atoms with Crippen molar-refractivity contribution in [2.24, 2.45) is 0 Å². The minimum atomic E-state index is -0.383. The van der Waals surface area contributed by atoms with E-state index in [9.17, 15) is 10.1 Å². The summed E-state index contributed by atoms with van der Waals surface area (Å²) in [6.45, 7) is 3.85. The number of hydrogen-bond acceptors (Lipinski definition) is 5. The zero-order chi connectivity index (χ0) is 14.7. The van der Waals surface area contributed by atoms with Crippen LogP contribution in [0.2, 0.25) is 0 Å². The Labute approximate surface area is 116 Å². The van der Waals surface area contributed by atoms with E-state index in [0.29, 0.717) is 23.6 Å². The zero-order valence-corrected chi connectivity index (χ0v) is 11.3. The average Bonchev–Trinajstić information content (AvgIpc) is 2.87. The SMILES string of the molecule is Cc1cc([N+](=O)[O-])c(C)cc1NCc1ccc(CO)o1. The van der Waals surface area contributed by atoms with Crippen LogP contribution in [-0.4, -0.2) is 10.0 Å². The second-order valence-electron chi connectivity index (χ2n) is 4.59. The second kappa shape index (κ2) is 5.75. The van der Waals surface area contributed by atoms with Gasteiger partial charge >= 0.3 is 0 Å².